The van der Waals surface area contributed by atoms with E-state index in [0.29, 0.717) is 38.8 Å². The molecule has 1 aliphatic heterocycles. The second kappa shape index (κ2) is 9.17. The molecule has 1 unspecified atom stereocenters. The molecule has 4 rings (SSSR count). The Labute approximate surface area is 192 Å². The lowest BCUT2D eigenvalue weighted by atomic mass is 10.0. The van der Waals surface area contributed by atoms with Crippen LogP contribution >= 0.6 is 23.2 Å². The molecule has 3 aromatic carbocycles. The van der Waals surface area contributed by atoms with Gasteiger partial charge in [-0.1, -0.05) is 53.2 Å². The van der Waals surface area contributed by atoms with Gasteiger partial charge in [0.2, 0.25) is 10.7 Å². The zero-order valence-corrected chi connectivity index (χ0v) is 18.2. The van der Waals surface area contributed by atoms with Gasteiger partial charge >= 0.3 is 0 Å². The van der Waals surface area contributed by atoms with Gasteiger partial charge in [-0.05, 0) is 53.6 Å². The smallest absolute Gasteiger partial charge is 0.245 e. The maximum absolute atomic E-state index is 13.0. The topological polar surface area (TPSA) is 52.2 Å². The Morgan fingerprint density at radius 2 is 1.81 bits per heavy atom. The quantitative estimate of drug-likeness (QED) is 0.282. The van der Waals surface area contributed by atoms with Gasteiger partial charge in [-0.2, -0.15) is 0 Å². The predicted molar refractivity (Wildman–Crippen MR) is 124 cm³/mol. The molecule has 0 fully saturated rings. The first-order chi connectivity index (χ1) is 14.9. The minimum Gasteiger partial charge on any atom is -0.588 e. The summed E-state index contributed by atoms with van der Waals surface area (Å²) in [7, 11) is 0. The molecule has 0 aromatic heterocycles. The molecule has 1 atom stereocenters. The normalized spacial score (nSPS) is 16.3. The minimum absolute atomic E-state index is 0.113. The summed E-state index contributed by atoms with van der Waals surface area (Å²) in [4.78, 5) is 13.1. The Morgan fingerprint density at radius 1 is 1.03 bits per heavy atom. The summed E-state index contributed by atoms with van der Waals surface area (Å²) in [5, 5.41) is 0.740. The fourth-order valence-corrected chi connectivity index (χ4v) is 4.31. The number of carbonyl (C=O) groups excluding carboxylic acids is 1. The average Bonchev–Trinajstić information content (AvgIpc) is 2.75. The van der Waals surface area contributed by atoms with Crippen molar-refractivity contribution in [3.63, 3.8) is 0 Å². The van der Waals surface area contributed by atoms with Gasteiger partial charge in [0.1, 0.15) is 17.2 Å². The van der Waals surface area contributed by atoms with Gasteiger partial charge < -0.3 is 4.55 Å². The van der Waals surface area contributed by atoms with E-state index in [4.69, 9.17) is 23.2 Å². The fraction of sp³-hybridized carbons (Fsp3) is 0.0417. The third-order valence-corrected chi connectivity index (χ3v) is 6.42. The summed E-state index contributed by atoms with van der Waals surface area (Å²) in [6, 6.07) is 16.2. The molecule has 0 spiro atoms. The lowest BCUT2D eigenvalue weighted by Gasteiger charge is -2.21. The van der Waals surface area contributed by atoms with Crippen LogP contribution in [-0.2, 0) is 17.8 Å². The highest BCUT2D eigenvalue weighted by Gasteiger charge is 2.33. The Hall–Kier alpha value is -2.75. The first-order valence-electron chi connectivity index (χ1n) is 9.18. The molecule has 3 aromatic rings. The van der Waals surface area contributed by atoms with Crippen molar-refractivity contribution in [2.75, 3.05) is 4.72 Å². The Morgan fingerprint density at radius 3 is 2.55 bits per heavy atom. The van der Waals surface area contributed by atoms with Gasteiger partial charge in [-0.25, -0.2) is 9.11 Å². The van der Waals surface area contributed by atoms with Crippen LogP contribution in [0.1, 0.15) is 27.0 Å². The van der Waals surface area contributed by atoms with Gasteiger partial charge in [0, 0.05) is 18.1 Å². The molecule has 1 heterocycles. The first kappa shape index (κ1) is 21.5. The van der Waals surface area contributed by atoms with Gasteiger partial charge in [0.25, 0.3) is 0 Å². The van der Waals surface area contributed by atoms with E-state index < -0.39 is 11.4 Å². The lowest BCUT2D eigenvalue weighted by Crippen LogP contribution is -2.27. The van der Waals surface area contributed by atoms with Crippen LogP contribution < -0.4 is 4.72 Å². The third kappa shape index (κ3) is 4.95. The molecule has 1 aliphatic rings. The number of allylic oxidation sites excluding steroid dienone is 1. The molecule has 7 heteroatoms. The van der Waals surface area contributed by atoms with E-state index >= 15 is 0 Å². The van der Waals surface area contributed by atoms with Crippen LogP contribution in [0.15, 0.2) is 65.6 Å². The number of Topliss-reactive ketones (excluding diaryl/α,β-unsaturated/α-hetero) is 1. The van der Waals surface area contributed by atoms with Crippen molar-refractivity contribution < 1.29 is 13.7 Å². The van der Waals surface area contributed by atoms with Crippen LogP contribution in [0.4, 0.5) is 10.1 Å². The third-order valence-electron chi connectivity index (χ3n) is 4.57. The maximum Gasteiger partial charge on any atom is 0.245 e. The predicted octanol–water partition coefficient (Wildman–Crippen LogP) is 6.04. The zero-order chi connectivity index (χ0) is 22.0. The van der Waals surface area contributed by atoms with Crippen LogP contribution in [0.25, 0.3) is 6.08 Å². The Balaban J connectivity index is 1.60. The molecular weight excluding hydrogens is 456 g/mol. The molecule has 0 amide bonds. The number of benzene rings is 3. The molecule has 3 nitrogen and oxygen atoms in total. The summed E-state index contributed by atoms with van der Waals surface area (Å²) in [5.41, 5.74) is 3.04. The second-order valence-electron chi connectivity index (χ2n) is 6.75. The van der Waals surface area contributed by atoms with Crippen molar-refractivity contribution in [2.24, 2.45) is 0 Å². The number of hydrogen-bond donors (Lipinski definition) is 1. The number of hydrogen-bond acceptors (Lipinski definition) is 3. The monoisotopic (exact) mass is 469 g/mol. The largest absolute Gasteiger partial charge is 0.588 e. The van der Waals surface area contributed by atoms with Crippen molar-refractivity contribution in [1.82, 2.24) is 0 Å². The number of anilines is 1. The van der Waals surface area contributed by atoms with Crippen molar-refractivity contribution >= 4 is 52.1 Å². The standard InChI is InChI=1S/C24H14Cl2FNO2S/c25-20-10-6-17(13-21(20)26)14-23-24(29)19-12-16(7-11-22(19)28-31(23)30)3-1-2-15-4-8-18(27)9-5-15/h4-14,28H,2H2/b23-14-. The second-order valence-corrected chi connectivity index (χ2v) is 8.74. The molecule has 0 aliphatic carbocycles. The van der Waals surface area contributed by atoms with Gasteiger partial charge in [-0.15, -0.1) is 0 Å². The van der Waals surface area contributed by atoms with Crippen molar-refractivity contribution in [3.05, 3.63) is 104 Å². The molecule has 154 valence electrons. The van der Waals surface area contributed by atoms with Crippen molar-refractivity contribution in [3.8, 4) is 11.8 Å². The summed E-state index contributed by atoms with van der Waals surface area (Å²) in [6.07, 6.45) is 1.99. The van der Waals surface area contributed by atoms with Gasteiger partial charge in [-0.3, -0.25) is 4.79 Å². The van der Waals surface area contributed by atoms with E-state index in [0.717, 1.165) is 5.56 Å². The number of rotatable bonds is 2. The molecule has 0 saturated heterocycles. The Bertz CT molecular complexity index is 1260. The summed E-state index contributed by atoms with van der Waals surface area (Å²) >= 11 is 10.3. The average molecular weight is 470 g/mol. The van der Waals surface area contributed by atoms with Crippen LogP contribution in [0.3, 0.4) is 0 Å². The van der Waals surface area contributed by atoms with E-state index in [-0.39, 0.29) is 16.5 Å². The number of halogens is 3. The van der Waals surface area contributed by atoms with Crippen LogP contribution in [0.5, 0.6) is 0 Å². The fourth-order valence-electron chi connectivity index (χ4n) is 2.99. The maximum atomic E-state index is 13.0. The van der Waals surface area contributed by atoms with E-state index in [1.165, 1.54) is 18.2 Å². The van der Waals surface area contributed by atoms with Crippen molar-refractivity contribution in [1.29, 1.82) is 0 Å². The lowest BCUT2D eigenvalue weighted by molar-refractivity contribution is 0.104. The molecule has 1 N–H and O–H groups in total. The van der Waals surface area contributed by atoms with Crippen LogP contribution in [0.2, 0.25) is 10.0 Å². The number of fused-ring (bicyclic) bond motifs is 1. The summed E-state index contributed by atoms with van der Waals surface area (Å²) in [6.45, 7) is 0. The number of carbonyl (C=O) groups is 1. The van der Waals surface area contributed by atoms with Crippen LogP contribution in [-0.4, -0.2) is 10.3 Å². The highest BCUT2D eigenvalue weighted by molar-refractivity contribution is 7.97. The van der Waals surface area contributed by atoms with E-state index in [2.05, 4.69) is 16.6 Å². The summed E-state index contributed by atoms with van der Waals surface area (Å²) in [5.74, 6) is 5.40. The van der Waals surface area contributed by atoms with Gasteiger partial charge in [0.05, 0.1) is 21.3 Å². The number of ketones is 1. The van der Waals surface area contributed by atoms with E-state index in [1.54, 1.807) is 48.5 Å². The van der Waals surface area contributed by atoms with Crippen molar-refractivity contribution in [2.45, 2.75) is 6.42 Å². The van der Waals surface area contributed by atoms with E-state index in [1.807, 2.05) is 0 Å². The summed E-state index contributed by atoms with van der Waals surface area (Å²) < 4.78 is 28.4. The highest BCUT2D eigenvalue weighted by atomic mass is 35.5. The highest BCUT2D eigenvalue weighted by Crippen LogP contribution is 2.32. The molecule has 0 saturated carbocycles. The Kier molecular flexibility index (Phi) is 6.35. The molecular formula is C24H14Cl2FNO2S. The molecule has 0 radical (unpaired) electrons. The van der Waals surface area contributed by atoms with Gasteiger partial charge in [0.15, 0.2) is 0 Å². The van der Waals surface area contributed by atoms with Crippen LogP contribution in [0, 0.1) is 17.7 Å². The zero-order valence-electron chi connectivity index (χ0n) is 15.9. The number of nitrogens with one attached hydrogen (secondary N) is 1. The minimum atomic E-state index is -1.70. The van der Waals surface area contributed by atoms with E-state index in [9.17, 15) is 13.7 Å². The molecule has 0 bridgehead atoms. The SMILES string of the molecule is O=C1/C(=C/c2ccc(Cl)c(Cl)c2)[S+]([O-])Nc2ccc(C#CCc3ccc(F)cc3)cc21. The molecule has 31 heavy (non-hydrogen) atoms. The first-order valence-corrected chi connectivity index (χ1v) is 11.1.